The number of carboxylic acid groups (broad SMARTS) is 1. The summed E-state index contributed by atoms with van der Waals surface area (Å²) in [6.45, 7) is 2.61. The number of hydrogen-bond donors (Lipinski definition) is 1. The first-order chi connectivity index (χ1) is 8.15. The van der Waals surface area contributed by atoms with Crippen LogP contribution >= 0.6 is 23.1 Å². The van der Waals surface area contributed by atoms with Crippen molar-refractivity contribution in [2.75, 3.05) is 5.75 Å². The minimum absolute atomic E-state index is 0.0379. The van der Waals surface area contributed by atoms with Gasteiger partial charge in [-0.2, -0.15) is 0 Å². The first-order valence-corrected chi connectivity index (χ1v) is 6.61. The number of carbonyl (C=O) groups is 1. The summed E-state index contributed by atoms with van der Waals surface area (Å²) in [4.78, 5) is 12.8. The Morgan fingerprint density at radius 2 is 2.41 bits per heavy atom. The second-order valence-corrected chi connectivity index (χ2v) is 5.63. The average Bonchev–Trinajstić information content (AvgIpc) is 2.86. The molecule has 2 aromatic rings. The maximum Gasteiger partial charge on any atom is 0.313 e. The molecule has 1 N–H and O–H groups in total. The molecule has 0 aromatic carbocycles. The zero-order valence-corrected chi connectivity index (χ0v) is 10.7. The molecule has 0 fully saturated rings. The van der Waals surface area contributed by atoms with Crippen molar-refractivity contribution in [1.82, 2.24) is 20.2 Å². The number of thiophene rings is 1. The van der Waals surface area contributed by atoms with Crippen molar-refractivity contribution in [3.8, 4) is 0 Å². The molecule has 0 aliphatic rings. The van der Waals surface area contributed by atoms with Gasteiger partial charge in [-0.25, -0.2) is 4.68 Å². The van der Waals surface area contributed by atoms with Gasteiger partial charge in [0, 0.05) is 9.75 Å². The summed E-state index contributed by atoms with van der Waals surface area (Å²) in [5, 5.41) is 20.3. The standard InChI is InChI=1S/C9H10N4O2S2/c1-6-2-3-7(17-6)4-13-9(10-11-12-13)16-5-8(14)15/h2-3H,4-5H2,1H3,(H,14,15). The number of nitrogens with zero attached hydrogens (tertiary/aromatic N) is 4. The molecule has 2 rings (SSSR count). The third-order valence-corrected chi connectivity index (χ3v) is 3.85. The third kappa shape index (κ3) is 3.27. The van der Waals surface area contributed by atoms with Crippen molar-refractivity contribution in [3.05, 3.63) is 21.9 Å². The molecule has 0 saturated carbocycles. The summed E-state index contributed by atoms with van der Waals surface area (Å²) in [5.41, 5.74) is 0. The van der Waals surface area contributed by atoms with Crippen LogP contribution in [0.15, 0.2) is 17.3 Å². The van der Waals surface area contributed by atoms with Crippen molar-refractivity contribution in [3.63, 3.8) is 0 Å². The molecule has 0 bridgehead atoms. The van der Waals surface area contributed by atoms with Crippen LogP contribution in [0.4, 0.5) is 0 Å². The van der Waals surface area contributed by atoms with Crippen LogP contribution in [0.25, 0.3) is 0 Å². The van der Waals surface area contributed by atoms with Crippen LogP contribution in [-0.2, 0) is 11.3 Å². The van der Waals surface area contributed by atoms with Gasteiger partial charge < -0.3 is 5.11 Å². The summed E-state index contributed by atoms with van der Waals surface area (Å²) in [6.07, 6.45) is 0. The Morgan fingerprint density at radius 1 is 1.59 bits per heavy atom. The largest absolute Gasteiger partial charge is 0.481 e. The zero-order valence-electron chi connectivity index (χ0n) is 9.03. The lowest BCUT2D eigenvalue weighted by molar-refractivity contribution is -0.133. The van der Waals surface area contributed by atoms with E-state index in [1.54, 1.807) is 16.0 Å². The van der Waals surface area contributed by atoms with Crippen molar-refractivity contribution < 1.29 is 9.90 Å². The van der Waals surface area contributed by atoms with E-state index in [0.29, 0.717) is 11.7 Å². The normalized spacial score (nSPS) is 10.6. The average molecular weight is 270 g/mol. The first kappa shape index (κ1) is 12.1. The molecule has 2 heterocycles. The minimum Gasteiger partial charge on any atom is -0.481 e. The van der Waals surface area contributed by atoms with Crippen LogP contribution < -0.4 is 0 Å². The van der Waals surface area contributed by atoms with E-state index in [-0.39, 0.29) is 5.75 Å². The Balaban J connectivity index is 2.06. The SMILES string of the molecule is Cc1ccc(Cn2nnnc2SCC(=O)O)s1. The Kier molecular flexibility index (Phi) is 3.75. The predicted molar refractivity (Wildman–Crippen MR) is 64.3 cm³/mol. The fourth-order valence-electron chi connectivity index (χ4n) is 1.24. The van der Waals surface area contributed by atoms with Gasteiger partial charge >= 0.3 is 5.97 Å². The summed E-state index contributed by atoms with van der Waals surface area (Å²) in [7, 11) is 0. The van der Waals surface area contributed by atoms with Gasteiger partial charge in [-0.15, -0.1) is 16.4 Å². The molecule has 0 spiro atoms. The van der Waals surface area contributed by atoms with Crippen molar-refractivity contribution in [2.24, 2.45) is 0 Å². The van der Waals surface area contributed by atoms with Crippen LogP contribution in [0, 0.1) is 6.92 Å². The second-order valence-electron chi connectivity index (χ2n) is 3.31. The van der Waals surface area contributed by atoms with Crippen LogP contribution in [-0.4, -0.2) is 37.0 Å². The number of carboxylic acids is 1. The molecule has 2 aromatic heterocycles. The topological polar surface area (TPSA) is 80.9 Å². The predicted octanol–water partition coefficient (Wildman–Crippen LogP) is 1.27. The monoisotopic (exact) mass is 270 g/mol. The fourth-order valence-corrected chi connectivity index (χ4v) is 2.71. The van der Waals surface area contributed by atoms with E-state index in [9.17, 15) is 4.79 Å². The summed E-state index contributed by atoms with van der Waals surface area (Å²) >= 11 is 2.80. The highest BCUT2D eigenvalue weighted by Crippen LogP contribution is 2.19. The number of aromatic nitrogens is 4. The molecular weight excluding hydrogens is 260 g/mol. The summed E-state index contributed by atoms with van der Waals surface area (Å²) < 4.78 is 1.61. The number of rotatable bonds is 5. The number of hydrogen-bond acceptors (Lipinski definition) is 6. The number of aryl methyl sites for hydroxylation is 1. The van der Waals surface area contributed by atoms with E-state index in [0.717, 1.165) is 16.6 Å². The van der Waals surface area contributed by atoms with E-state index in [1.807, 2.05) is 19.1 Å². The molecular formula is C9H10N4O2S2. The lowest BCUT2D eigenvalue weighted by Crippen LogP contribution is -2.05. The molecule has 90 valence electrons. The molecule has 0 atom stereocenters. The van der Waals surface area contributed by atoms with Crippen LogP contribution in [0.2, 0.25) is 0 Å². The van der Waals surface area contributed by atoms with Gasteiger partial charge in [-0.3, -0.25) is 4.79 Å². The lowest BCUT2D eigenvalue weighted by Gasteiger charge is -2.00. The van der Waals surface area contributed by atoms with Crippen LogP contribution in [0.3, 0.4) is 0 Å². The molecule has 17 heavy (non-hydrogen) atoms. The van der Waals surface area contributed by atoms with Gasteiger partial charge in [0.05, 0.1) is 12.3 Å². The molecule has 0 saturated heterocycles. The molecule has 0 unspecified atom stereocenters. The number of aliphatic carboxylic acids is 1. The van der Waals surface area contributed by atoms with Gasteiger partial charge in [0.1, 0.15) is 0 Å². The van der Waals surface area contributed by atoms with Gasteiger partial charge in [0.15, 0.2) is 0 Å². The zero-order chi connectivity index (χ0) is 12.3. The molecule has 0 aliphatic heterocycles. The smallest absolute Gasteiger partial charge is 0.313 e. The van der Waals surface area contributed by atoms with E-state index < -0.39 is 5.97 Å². The van der Waals surface area contributed by atoms with Gasteiger partial charge in [0.25, 0.3) is 0 Å². The molecule has 6 nitrogen and oxygen atoms in total. The number of tetrazole rings is 1. The van der Waals surface area contributed by atoms with E-state index in [1.165, 1.54) is 4.88 Å². The summed E-state index contributed by atoms with van der Waals surface area (Å²) in [6, 6.07) is 4.06. The third-order valence-electron chi connectivity index (χ3n) is 1.93. The Morgan fingerprint density at radius 3 is 3.06 bits per heavy atom. The van der Waals surface area contributed by atoms with Crippen molar-refractivity contribution in [1.29, 1.82) is 0 Å². The van der Waals surface area contributed by atoms with Gasteiger partial charge in [-0.05, 0) is 29.5 Å². The van der Waals surface area contributed by atoms with Gasteiger partial charge in [-0.1, -0.05) is 11.8 Å². The Hall–Kier alpha value is -1.41. The molecule has 0 aliphatic carbocycles. The van der Waals surface area contributed by atoms with E-state index in [2.05, 4.69) is 15.5 Å². The number of thioether (sulfide) groups is 1. The molecule has 0 amide bonds. The van der Waals surface area contributed by atoms with Crippen molar-refractivity contribution >= 4 is 29.1 Å². The maximum atomic E-state index is 10.5. The Labute approximate surface area is 106 Å². The van der Waals surface area contributed by atoms with Gasteiger partial charge in [0.2, 0.25) is 5.16 Å². The first-order valence-electron chi connectivity index (χ1n) is 4.81. The van der Waals surface area contributed by atoms with E-state index in [4.69, 9.17) is 5.11 Å². The highest BCUT2D eigenvalue weighted by atomic mass is 32.2. The van der Waals surface area contributed by atoms with Crippen molar-refractivity contribution in [2.45, 2.75) is 18.6 Å². The highest BCUT2D eigenvalue weighted by Gasteiger charge is 2.10. The molecule has 0 radical (unpaired) electrons. The minimum atomic E-state index is -0.878. The second kappa shape index (κ2) is 5.28. The van der Waals surface area contributed by atoms with Crippen LogP contribution in [0.5, 0.6) is 0 Å². The fraction of sp³-hybridized carbons (Fsp3) is 0.333. The maximum absolute atomic E-state index is 10.5. The van der Waals surface area contributed by atoms with Crippen LogP contribution in [0.1, 0.15) is 9.75 Å². The highest BCUT2D eigenvalue weighted by molar-refractivity contribution is 7.99. The lowest BCUT2D eigenvalue weighted by atomic mass is 10.4. The summed E-state index contributed by atoms with van der Waals surface area (Å²) in [5.74, 6) is -0.916. The quantitative estimate of drug-likeness (QED) is 0.824. The van der Waals surface area contributed by atoms with E-state index >= 15 is 0 Å². The Bertz CT molecular complexity index is 523. The molecule has 8 heteroatoms.